The van der Waals surface area contributed by atoms with Crippen molar-refractivity contribution in [2.45, 2.75) is 6.42 Å². The quantitative estimate of drug-likeness (QED) is 0.376. The van der Waals surface area contributed by atoms with Gasteiger partial charge in [0.15, 0.2) is 0 Å². The van der Waals surface area contributed by atoms with Gasteiger partial charge in [-0.1, -0.05) is 12.2 Å². The first-order valence-electron chi connectivity index (χ1n) is 3.45. The molecule has 0 aromatic carbocycles. The van der Waals surface area contributed by atoms with Gasteiger partial charge in [0.05, 0.1) is 0 Å². The summed E-state index contributed by atoms with van der Waals surface area (Å²) >= 11 is 0. The van der Waals surface area contributed by atoms with E-state index in [1.165, 1.54) is 12.2 Å². The van der Waals surface area contributed by atoms with Gasteiger partial charge in [-0.25, -0.2) is 0 Å². The first kappa shape index (κ1) is 6.28. The summed E-state index contributed by atoms with van der Waals surface area (Å²) in [6, 6.07) is 0. The predicted octanol–water partition coefficient (Wildman–Crippen LogP) is 0.951. The van der Waals surface area contributed by atoms with Crippen molar-refractivity contribution in [1.82, 2.24) is 0 Å². The monoisotopic (exact) mass is 146 g/mol. The molecule has 11 heavy (non-hydrogen) atoms. The Morgan fingerprint density at radius 2 is 1.82 bits per heavy atom. The van der Waals surface area contributed by atoms with Gasteiger partial charge in [0, 0.05) is 0 Å². The Morgan fingerprint density at radius 3 is 2.64 bits per heavy atom. The minimum Gasteiger partial charge on any atom is -0.286 e. The van der Waals surface area contributed by atoms with Crippen LogP contribution in [-0.2, 0) is 9.59 Å². The Kier molecular flexibility index (Phi) is 1.15. The molecule has 54 valence electrons. The second-order valence-electron chi connectivity index (χ2n) is 2.60. The van der Waals surface area contributed by atoms with Crippen LogP contribution in [0.15, 0.2) is 35.5 Å². The highest BCUT2D eigenvalue weighted by molar-refractivity contribution is 6.47. The van der Waals surface area contributed by atoms with Crippen LogP contribution in [-0.4, -0.2) is 11.6 Å². The molecule has 0 fully saturated rings. The van der Waals surface area contributed by atoms with Gasteiger partial charge in [-0.05, 0) is 29.7 Å². The predicted molar refractivity (Wildman–Crippen MR) is 39.9 cm³/mol. The molecule has 0 N–H and O–H groups in total. The second-order valence-corrected chi connectivity index (χ2v) is 2.60. The van der Waals surface area contributed by atoms with Crippen LogP contribution in [0.1, 0.15) is 6.42 Å². The molecule has 0 saturated heterocycles. The summed E-state index contributed by atoms with van der Waals surface area (Å²) < 4.78 is 0. The molecule has 2 aliphatic carbocycles. The number of allylic oxidation sites excluding steroid dienone is 6. The number of carbonyl (C=O) groups is 2. The lowest BCUT2D eigenvalue weighted by molar-refractivity contribution is -0.131. The van der Waals surface area contributed by atoms with Crippen LogP contribution < -0.4 is 0 Å². The Morgan fingerprint density at radius 1 is 1.09 bits per heavy atom. The number of carbonyl (C=O) groups excluding carboxylic acids is 2. The van der Waals surface area contributed by atoms with Crippen molar-refractivity contribution in [3.8, 4) is 0 Å². The number of ketones is 2. The van der Waals surface area contributed by atoms with E-state index in [-0.39, 0.29) is 0 Å². The zero-order valence-electron chi connectivity index (χ0n) is 5.83. The van der Waals surface area contributed by atoms with Crippen molar-refractivity contribution in [3.63, 3.8) is 0 Å². The maximum atomic E-state index is 10.8. The molecular weight excluding hydrogens is 140 g/mol. The average Bonchev–Trinajstić information content (AvgIpc) is 2.36. The highest BCUT2D eigenvalue weighted by Gasteiger charge is 2.19. The van der Waals surface area contributed by atoms with Crippen molar-refractivity contribution in [3.05, 3.63) is 35.5 Å². The van der Waals surface area contributed by atoms with Gasteiger partial charge in [0.2, 0.25) is 11.6 Å². The fraction of sp³-hybridized carbons (Fsp3) is 0.111. The molecule has 0 radical (unpaired) electrons. The van der Waals surface area contributed by atoms with Gasteiger partial charge in [-0.3, -0.25) is 9.59 Å². The van der Waals surface area contributed by atoms with Crippen LogP contribution in [0.5, 0.6) is 0 Å². The number of rotatable bonds is 0. The fourth-order valence-corrected chi connectivity index (χ4v) is 1.26. The van der Waals surface area contributed by atoms with Crippen molar-refractivity contribution in [1.29, 1.82) is 0 Å². The minimum absolute atomic E-state index is 0.396. The molecule has 0 aromatic rings. The van der Waals surface area contributed by atoms with E-state index in [9.17, 15) is 9.59 Å². The largest absolute Gasteiger partial charge is 0.286 e. The molecule has 0 heterocycles. The molecule has 0 bridgehead atoms. The van der Waals surface area contributed by atoms with Crippen LogP contribution in [0.2, 0.25) is 0 Å². The highest BCUT2D eigenvalue weighted by Crippen LogP contribution is 2.25. The van der Waals surface area contributed by atoms with Crippen molar-refractivity contribution in [2.24, 2.45) is 0 Å². The van der Waals surface area contributed by atoms with Crippen molar-refractivity contribution in [2.75, 3.05) is 0 Å². The summed E-state index contributed by atoms with van der Waals surface area (Å²) in [4.78, 5) is 21.7. The van der Waals surface area contributed by atoms with E-state index in [0.717, 1.165) is 17.6 Å². The zero-order chi connectivity index (χ0) is 7.84. The van der Waals surface area contributed by atoms with Crippen LogP contribution >= 0.6 is 0 Å². The molecule has 2 nitrogen and oxygen atoms in total. The summed E-state index contributed by atoms with van der Waals surface area (Å²) in [5.41, 5.74) is 1.87. The Hall–Kier alpha value is -1.44. The normalized spacial score (nSPS) is 21.5. The molecule has 0 aliphatic heterocycles. The summed E-state index contributed by atoms with van der Waals surface area (Å²) in [6.45, 7) is 0. The van der Waals surface area contributed by atoms with Gasteiger partial charge in [-0.2, -0.15) is 0 Å². The third-order valence-corrected chi connectivity index (χ3v) is 1.84. The van der Waals surface area contributed by atoms with Gasteiger partial charge >= 0.3 is 0 Å². The molecule has 0 aromatic heterocycles. The van der Waals surface area contributed by atoms with Crippen LogP contribution in [0.4, 0.5) is 0 Å². The summed E-state index contributed by atoms with van der Waals surface area (Å²) in [5, 5.41) is 0. The smallest absolute Gasteiger partial charge is 0.226 e. The van der Waals surface area contributed by atoms with Crippen LogP contribution in [0, 0.1) is 0 Å². The van der Waals surface area contributed by atoms with E-state index >= 15 is 0 Å². The first-order valence-corrected chi connectivity index (χ1v) is 3.45. The summed E-state index contributed by atoms with van der Waals surface area (Å²) in [6.07, 6.45) is 7.43. The van der Waals surface area contributed by atoms with Gasteiger partial charge in [0.1, 0.15) is 0 Å². The fourth-order valence-electron chi connectivity index (χ4n) is 1.26. The third-order valence-electron chi connectivity index (χ3n) is 1.84. The average molecular weight is 146 g/mol. The second kappa shape index (κ2) is 2.02. The van der Waals surface area contributed by atoms with Crippen molar-refractivity contribution >= 4 is 11.6 Å². The Bertz CT molecular complexity index is 329. The maximum absolute atomic E-state index is 10.8. The molecule has 2 rings (SSSR count). The maximum Gasteiger partial charge on any atom is 0.226 e. The molecule has 0 atom stereocenters. The van der Waals surface area contributed by atoms with E-state index in [0.29, 0.717) is 0 Å². The molecule has 2 heteroatoms. The minimum atomic E-state index is -0.407. The SMILES string of the molecule is O=C1C=C2C=CCC2=CC1=O. The lowest BCUT2D eigenvalue weighted by atomic mass is 9.99. The number of hydrogen-bond acceptors (Lipinski definition) is 2. The molecule has 0 unspecified atom stereocenters. The first-order chi connectivity index (χ1) is 5.27. The topological polar surface area (TPSA) is 34.1 Å². The molecule has 0 saturated carbocycles. The molecule has 0 spiro atoms. The van der Waals surface area contributed by atoms with Crippen LogP contribution in [0.25, 0.3) is 0 Å². The number of fused-ring (bicyclic) bond motifs is 1. The van der Waals surface area contributed by atoms with E-state index in [1.807, 2.05) is 12.2 Å². The highest BCUT2D eigenvalue weighted by atomic mass is 16.2. The number of hydrogen-bond donors (Lipinski definition) is 0. The summed E-state index contributed by atoms with van der Waals surface area (Å²) in [7, 11) is 0. The molecule has 2 aliphatic rings. The lowest BCUT2D eigenvalue weighted by Gasteiger charge is -2.03. The molecular formula is C9H6O2. The van der Waals surface area contributed by atoms with Crippen molar-refractivity contribution < 1.29 is 9.59 Å². The third kappa shape index (κ3) is 0.871. The van der Waals surface area contributed by atoms with Crippen LogP contribution in [0.3, 0.4) is 0 Å². The van der Waals surface area contributed by atoms with E-state index < -0.39 is 11.6 Å². The standard InChI is InChI=1S/C9H6O2/c10-8-4-6-2-1-3-7(6)5-9(8)11/h1-2,4-5H,3H2. The van der Waals surface area contributed by atoms with E-state index in [4.69, 9.17) is 0 Å². The van der Waals surface area contributed by atoms with E-state index in [1.54, 1.807) is 0 Å². The Balaban J connectivity index is 2.50. The van der Waals surface area contributed by atoms with Gasteiger partial charge < -0.3 is 0 Å². The lowest BCUT2D eigenvalue weighted by Crippen LogP contribution is -2.12. The molecule has 0 amide bonds. The van der Waals surface area contributed by atoms with Gasteiger partial charge in [-0.15, -0.1) is 0 Å². The summed E-state index contributed by atoms with van der Waals surface area (Å²) in [5.74, 6) is -0.803. The zero-order valence-corrected chi connectivity index (χ0v) is 5.83. The van der Waals surface area contributed by atoms with E-state index in [2.05, 4.69) is 0 Å². The Labute approximate surface area is 63.9 Å². The van der Waals surface area contributed by atoms with Gasteiger partial charge in [0.25, 0.3) is 0 Å².